The molecular weight excluding hydrogens is 218 g/mol. The largest absolute Gasteiger partial charge is 0.317 e. The third-order valence-corrected chi connectivity index (χ3v) is 4.12. The van der Waals surface area contributed by atoms with Crippen LogP contribution in [0.15, 0.2) is 42.5 Å². The van der Waals surface area contributed by atoms with E-state index in [1.165, 1.54) is 42.0 Å². The fraction of sp³-hybridized carbons (Fsp3) is 0.412. The second-order valence-electron chi connectivity index (χ2n) is 5.45. The van der Waals surface area contributed by atoms with Gasteiger partial charge in [-0.2, -0.15) is 0 Å². The molecule has 94 valence electrons. The molecule has 0 saturated heterocycles. The summed E-state index contributed by atoms with van der Waals surface area (Å²) in [6.45, 7) is 0. The first-order valence-corrected chi connectivity index (χ1v) is 7.02. The van der Waals surface area contributed by atoms with Gasteiger partial charge in [-0.3, -0.25) is 0 Å². The lowest BCUT2D eigenvalue weighted by molar-refractivity contribution is 0.470. The molecule has 1 fully saturated rings. The van der Waals surface area contributed by atoms with Gasteiger partial charge >= 0.3 is 0 Å². The Morgan fingerprint density at radius 3 is 2.61 bits per heavy atom. The predicted octanol–water partition coefficient (Wildman–Crippen LogP) is 3.77. The molecule has 0 radical (unpaired) electrons. The highest BCUT2D eigenvalue weighted by Gasteiger charge is 2.29. The van der Waals surface area contributed by atoms with E-state index in [1.54, 1.807) is 0 Å². The molecule has 3 rings (SSSR count). The molecule has 1 aliphatic rings. The van der Waals surface area contributed by atoms with Crippen LogP contribution in [0, 0.1) is 5.92 Å². The fourth-order valence-electron chi connectivity index (χ4n) is 2.83. The van der Waals surface area contributed by atoms with Gasteiger partial charge in [-0.1, -0.05) is 42.5 Å². The summed E-state index contributed by atoms with van der Waals surface area (Å²) in [5.41, 5.74) is 1.47. The molecule has 0 amide bonds. The van der Waals surface area contributed by atoms with Crippen LogP contribution in [0.5, 0.6) is 0 Å². The van der Waals surface area contributed by atoms with Gasteiger partial charge in [0.15, 0.2) is 0 Å². The van der Waals surface area contributed by atoms with Gasteiger partial charge in [-0.25, -0.2) is 0 Å². The quantitative estimate of drug-likeness (QED) is 0.837. The van der Waals surface area contributed by atoms with Gasteiger partial charge < -0.3 is 5.32 Å². The first-order chi connectivity index (χ1) is 8.86. The first kappa shape index (κ1) is 11.7. The third-order valence-electron chi connectivity index (χ3n) is 4.12. The van der Waals surface area contributed by atoms with Crippen molar-refractivity contribution in [2.75, 3.05) is 7.05 Å². The van der Waals surface area contributed by atoms with E-state index >= 15 is 0 Å². The number of hydrogen-bond donors (Lipinski definition) is 1. The maximum Gasteiger partial charge on any atom is 0.00954 e. The Morgan fingerprint density at radius 2 is 1.89 bits per heavy atom. The van der Waals surface area contributed by atoms with Crippen LogP contribution in [-0.2, 0) is 6.42 Å². The molecule has 0 spiro atoms. The van der Waals surface area contributed by atoms with Gasteiger partial charge in [0.1, 0.15) is 0 Å². The molecule has 1 nitrogen and oxygen atoms in total. The molecule has 0 aromatic heterocycles. The Kier molecular flexibility index (Phi) is 3.33. The number of rotatable bonds is 5. The summed E-state index contributed by atoms with van der Waals surface area (Å²) in [5.74, 6) is 0.940. The zero-order valence-corrected chi connectivity index (χ0v) is 11.0. The van der Waals surface area contributed by atoms with Gasteiger partial charge in [0.25, 0.3) is 0 Å². The summed E-state index contributed by atoms with van der Waals surface area (Å²) in [4.78, 5) is 0. The smallest absolute Gasteiger partial charge is 0.00954 e. The minimum absolute atomic E-state index is 0.719. The standard InChI is InChI=1S/C17H21N/c1-18-17(15-9-10-15)11-7-13-6-8-14-4-2-3-5-16(14)12-13/h2-6,8,12,15,17-18H,7,9-11H2,1H3. The van der Waals surface area contributed by atoms with Crippen molar-refractivity contribution in [1.82, 2.24) is 5.32 Å². The molecule has 0 heterocycles. The van der Waals surface area contributed by atoms with E-state index in [2.05, 4.69) is 54.8 Å². The molecule has 1 atom stereocenters. The van der Waals surface area contributed by atoms with Gasteiger partial charge in [0, 0.05) is 6.04 Å². The summed E-state index contributed by atoms with van der Waals surface area (Å²) in [5, 5.41) is 6.18. The summed E-state index contributed by atoms with van der Waals surface area (Å²) < 4.78 is 0. The van der Waals surface area contributed by atoms with Gasteiger partial charge in [0.05, 0.1) is 0 Å². The minimum Gasteiger partial charge on any atom is -0.317 e. The summed E-state index contributed by atoms with van der Waals surface area (Å²) in [6, 6.07) is 16.2. The Hall–Kier alpha value is -1.34. The molecule has 1 unspecified atom stereocenters. The Morgan fingerprint density at radius 1 is 1.11 bits per heavy atom. The van der Waals surface area contributed by atoms with E-state index in [0.29, 0.717) is 0 Å². The average Bonchev–Trinajstić information content (AvgIpc) is 3.24. The second-order valence-corrected chi connectivity index (χ2v) is 5.45. The molecule has 18 heavy (non-hydrogen) atoms. The van der Waals surface area contributed by atoms with Crippen LogP contribution in [0.2, 0.25) is 0 Å². The van der Waals surface area contributed by atoms with E-state index < -0.39 is 0 Å². The normalized spacial score (nSPS) is 16.9. The highest BCUT2D eigenvalue weighted by atomic mass is 14.9. The van der Waals surface area contributed by atoms with Crippen molar-refractivity contribution in [3.8, 4) is 0 Å². The number of hydrogen-bond acceptors (Lipinski definition) is 1. The van der Waals surface area contributed by atoms with E-state index in [4.69, 9.17) is 0 Å². The van der Waals surface area contributed by atoms with E-state index in [9.17, 15) is 0 Å². The molecule has 1 N–H and O–H groups in total. The number of benzene rings is 2. The molecular formula is C17H21N. The summed E-state index contributed by atoms with van der Waals surface area (Å²) in [6.07, 6.45) is 5.29. The lowest BCUT2D eigenvalue weighted by atomic mass is 10.00. The van der Waals surface area contributed by atoms with Gasteiger partial charge in [-0.15, -0.1) is 0 Å². The van der Waals surface area contributed by atoms with Gasteiger partial charge in [-0.05, 0) is 55.0 Å². The van der Waals surface area contributed by atoms with E-state index in [-0.39, 0.29) is 0 Å². The topological polar surface area (TPSA) is 12.0 Å². The van der Waals surface area contributed by atoms with Crippen molar-refractivity contribution in [2.45, 2.75) is 31.7 Å². The lowest BCUT2D eigenvalue weighted by Gasteiger charge is -2.15. The highest BCUT2D eigenvalue weighted by molar-refractivity contribution is 5.82. The van der Waals surface area contributed by atoms with E-state index in [1.807, 2.05) is 0 Å². The second kappa shape index (κ2) is 5.11. The molecule has 1 saturated carbocycles. The zero-order valence-electron chi connectivity index (χ0n) is 11.0. The zero-order chi connectivity index (χ0) is 12.4. The minimum atomic E-state index is 0.719. The first-order valence-electron chi connectivity index (χ1n) is 7.02. The molecule has 0 bridgehead atoms. The number of aryl methyl sites for hydroxylation is 1. The van der Waals surface area contributed by atoms with Crippen molar-refractivity contribution < 1.29 is 0 Å². The van der Waals surface area contributed by atoms with Crippen LogP contribution < -0.4 is 5.32 Å². The maximum absolute atomic E-state index is 3.47. The van der Waals surface area contributed by atoms with Crippen LogP contribution in [0.3, 0.4) is 0 Å². The van der Waals surface area contributed by atoms with Crippen molar-refractivity contribution in [1.29, 1.82) is 0 Å². The predicted molar refractivity (Wildman–Crippen MR) is 77.8 cm³/mol. The van der Waals surface area contributed by atoms with Crippen LogP contribution in [0.4, 0.5) is 0 Å². The monoisotopic (exact) mass is 239 g/mol. The maximum atomic E-state index is 3.47. The molecule has 1 heteroatoms. The van der Waals surface area contributed by atoms with Crippen molar-refractivity contribution >= 4 is 10.8 Å². The number of fused-ring (bicyclic) bond motifs is 1. The van der Waals surface area contributed by atoms with Crippen LogP contribution in [0.1, 0.15) is 24.8 Å². The van der Waals surface area contributed by atoms with Gasteiger partial charge in [0.2, 0.25) is 0 Å². The molecule has 0 aliphatic heterocycles. The van der Waals surface area contributed by atoms with Crippen LogP contribution in [0.25, 0.3) is 10.8 Å². The Balaban J connectivity index is 1.70. The average molecular weight is 239 g/mol. The molecule has 1 aliphatic carbocycles. The lowest BCUT2D eigenvalue weighted by Crippen LogP contribution is -2.27. The molecule has 2 aromatic carbocycles. The third kappa shape index (κ3) is 2.56. The summed E-state index contributed by atoms with van der Waals surface area (Å²) >= 11 is 0. The number of nitrogens with one attached hydrogen (secondary N) is 1. The van der Waals surface area contributed by atoms with Crippen molar-refractivity contribution in [3.05, 3.63) is 48.0 Å². The SMILES string of the molecule is CNC(CCc1ccc2ccccc2c1)C1CC1. The van der Waals surface area contributed by atoms with E-state index in [0.717, 1.165) is 12.0 Å². The molecule has 2 aromatic rings. The van der Waals surface area contributed by atoms with Crippen LogP contribution in [-0.4, -0.2) is 13.1 Å². The van der Waals surface area contributed by atoms with Crippen LogP contribution >= 0.6 is 0 Å². The fourth-order valence-corrected chi connectivity index (χ4v) is 2.83. The van der Waals surface area contributed by atoms with Crippen molar-refractivity contribution in [3.63, 3.8) is 0 Å². The summed E-state index contributed by atoms with van der Waals surface area (Å²) in [7, 11) is 2.10. The highest BCUT2D eigenvalue weighted by Crippen LogP contribution is 2.34. The Bertz CT molecular complexity index is 528. The van der Waals surface area contributed by atoms with Crippen molar-refractivity contribution in [2.24, 2.45) is 5.92 Å². The Labute approximate surface area is 109 Å².